The SMILES string of the molecule is CCCCCCCCCCCCCCCCn1cnc2cnc3ccccc3c21. The Morgan fingerprint density at radius 3 is 1.90 bits per heavy atom. The maximum atomic E-state index is 4.55. The van der Waals surface area contributed by atoms with Crippen molar-refractivity contribution >= 4 is 21.9 Å². The van der Waals surface area contributed by atoms with E-state index in [1.54, 1.807) is 0 Å². The molecule has 0 atom stereocenters. The smallest absolute Gasteiger partial charge is 0.107 e. The van der Waals surface area contributed by atoms with Gasteiger partial charge in [0.05, 0.1) is 23.6 Å². The van der Waals surface area contributed by atoms with Gasteiger partial charge >= 0.3 is 0 Å². The van der Waals surface area contributed by atoms with Gasteiger partial charge in [-0.1, -0.05) is 109 Å². The molecule has 0 aliphatic heterocycles. The highest BCUT2D eigenvalue weighted by Gasteiger charge is 2.07. The van der Waals surface area contributed by atoms with Crippen LogP contribution in [-0.2, 0) is 6.54 Å². The first kappa shape index (κ1) is 21.8. The molecule has 0 aliphatic rings. The molecule has 0 bridgehead atoms. The first-order valence-electron chi connectivity index (χ1n) is 12.1. The summed E-state index contributed by atoms with van der Waals surface area (Å²) in [6, 6.07) is 8.38. The Hall–Kier alpha value is -1.90. The van der Waals surface area contributed by atoms with Crippen LogP contribution in [0.5, 0.6) is 0 Å². The van der Waals surface area contributed by atoms with E-state index in [1.807, 2.05) is 12.5 Å². The number of pyridine rings is 1. The third-order valence-corrected chi connectivity index (χ3v) is 6.10. The molecule has 0 aliphatic carbocycles. The van der Waals surface area contributed by atoms with E-state index in [0.717, 1.165) is 17.6 Å². The molecule has 0 unspecified atom stereocenters. The van der Waals surface area contributed by atoms with Gasteiger partial charge < -0.3 is 4.57 Å². The number of aryl methyl sites for hydroxylation is 1. The minimum Gasteiger partial charge on any atom is -0.330 e. The standard InChI is InChI=1S/C26H39N3/c1-2-3-4-5-6-7-8-9-10-11-12-13-14-17-20-29-22-28-25-21-27-24-19-16-15-18-23(24)26(25)29/h15-16,18-19,21-22H,2-14,17,20H2,1H3. The minimum atomic E-state index is 1.01. The van der Waals surface area contributed by atoms with Gasteiger partial charge in [-0.15, -0.1) is 0 Å². The zero-order valence-electron chi connectivity index (χ0n) is 18.4. The predicted molar refractivity (Wildman–Crippen MR) is 125 cm³/mol. The van der Waals surface area contributed by atoms with E-state index in [9.17, 15) is 0 Å². The first-order valence-corrected chi connectivity index (χ1v) is 12.1. The summed E-state index contributed by atoms with van der Waals surface area (Å²) in [5.74, 6) is 0. The fourth-order valence-corrected chi connectivity index (χ4v) is 4.35. The predicted octanol–water partition coefficient (Wildman–Crippen LogP) is 8.07. The van der Waals surface area contributed by atoms with Crippen LogP contribution in [0.3, 0.4) is 0 Å². The molecule has 0 saturated carbocycles. The molecule has 0 amide bonds. The van der Waals surface area contributed by atoms with Gasteiger partial charge in [0.25, 0.3) is 0 Å². The number of fused-ring (bicyclic) bond motifs is 3. The molecule has 3 aromatic rings. The highest BCUT2D eigenvalue weighted by atomic mass is 15.0. The fraction of sp³-hybridized carbons (Fsp3) is 0.615. The highest BCUT2D eigenvalue weighted by Crippen LogP contribution is 2.23. The van der Waals surface area contributed by atoms with Crippen LogP contribution in [0.4, 0.5) is 0 Å². The Bertz CT molecular complexity index is 836. The molecule has 3 rings (SSSR count). The van der Waals surface area contributed by atoms with Gasteiger partial charge in [-0.2, -0.15) is 0 Å². The Kier molecular flexibility index (Phi) is 9.49. The largest absolute Gasteiger partial charge is 0.330 e. The van der Waals surface area contributed by atoms with Crippen molar-refractivity contribution < 1.29 is 0 Å². The van der Waals surface area contributed by atoms with Gasteiger partial charge in [-0.25, -0.2) is 4.98 Å². The molecule has 0 radical (unpaired) electrons. The number of hydrogen-bond donors (Lipinski definition) is 0. The molecule has 1 aromatic carbocycles. The monoisotopic (exact) mass is 393 g/mol. The second kappa shape index (κ2) is 12.6. The van der Waals surface area contributed by atoms with Crippen LogP contribution in [0.2, 0.25) is 0 Å². The number of rotatable bonds is 15. The second-order valence-corrected chi connectivity index (χ2v) is 8.54. The van der Waals surface area contributed by atoms with Crippen LogP contribution in [-0.4, -0.2) is 14.5 Å². The lowest BCUT2D eigenvalue weighted by molar-refractivity contribution is 0.526. The van der Waals surface area contributed by atoms with E-state index in [-0.39, 0.29) is 0 Å². The van der Waals surface area contributed by atoms with Crippen LogP contribution in [0.25, 0.3) is 21.9 Å². The topological polar surface area (TPSA) is 30.7 Å². The van der Waals surface area contributed by atoms with Crippen molar-refractivity contribution in [3.05, 3.63) is 36.8 Å². The summed E-state index contributed by atoms with van der Waals surface area (Å²) in [5, 5.41) is 1.22. The quantitative estimate of drug-likeness (QED) is 0.244. The summed E-state index contributed by atoms with van der Waals surface area (Å²) in [4.78, 5) is 9.07. The van der Waals surface area contributed by atoms with Crippen molar-refractivity contribution in [1.29, 1.82) is 0 Å². The van der Waals surface area contributed by atoms with Gasteiger partial charge in [-0.3, -0.25) is 4.98 Å². The molecule has 3 nitrogen and oxygen atoms in total. The lowest BCUT2D eigenvalue weighted by Crippen LogP contribution is -1.97. The average Bonchev–Trinajstić information content (AvgIpc) is 3.17. The third kappa shape index (κ3) is 6.83. The zero-order chi connectivity index (χ0) is 20.2. The lowest BCUT2D eigenvalue weighted by atomic mass is 10.0. The van der Waals surface area contributed by atoms with Crippen molar-refractivity contribution in [1.82, 2.24) is 14.5 Å². The Morgan fingerprint density at radius 1 is 0.655 bits per heavy atom. The molecule has 2 heterocycles. The van der Waals surface area contributed by atoms with Gasteiger partial charge in [0, 0.05) is 11.9 Å². The van der Waals surface area contributed by atoms with Crippen LogP contribution in [0.15, 0.2) is 36.8 Å². The summed E-state index contributed by atoms with van der Waals surface area (Å²) in [6.07, 6.45) is 23.5. The number of para-hydroxylation sites is 1. The molecule has 0 N–H and O–H groups in total. The van der Waals surface area contributed by atoms with Crippen molar-refractivity contribution in [3.8, 4) is 0 Å². The summed E-state index contributed by atoms with van der Waals surface area (Å²) in [6.45, 7) is 3.35. The maximum absolute atomic E-state index is 4.55. The molecule has 0 saturated heterocycles. The van der Waals surface area contributed by atoms with Gasteiger partial charge in [0.1, 0.15) is 5.52 Å². The number of imidazole rings is 1. The summed E-state index contributed by atoms with van der Waals surface area (Å²) in [7, 11) is 0. The van der Waals surface area contributed by atoms with Crippen molar-refractivity contribution in [2.45, 2.75) is 103 Å². The molecule has 0 spiro atoms. The Balaban J connectivity index is 1.26. The summed E-state index contributed by atoms with van der Waals surface area (Å²) in [5.41, 5.74) is 3.31. The van der Waals surface area contributed by atoms with Crippen LogP contribution in [0, 0.1) is 0 Å². The third-order valence-electron chi connectivity index (χ3n) is 6.10. The van der Waals surface area contributed by atoms with Crippen LogP contribution < -0.4 is 0 Å². The van der Waals surface area contributed by atoms with E-state index < -0.39 is 0 Å². The number of benzene rings is 1. The molecule has 29 heavy (non-hydrogen) atoms. The normalized spacial score (nSPS) is 11.6. The van der Waals surface area contributed by atoms with E-state index in [2.05, 4.69) is 45.7 Å². The van der Waals surface area contributed by atoms with E-state index in [4.69, 9.17) is 0 Å². The summed E-state index contributed by atoms with van der Waals surface area (Å²) < 4.78 is 2.32. The summed E-state index contributed by atoms with van der Waals surface area (Å²) >= 11 is 0. The lowest BCUT2D eigenvalue weighted by Gasteiger charge is -2.07. The molecule has 0 fully saturated rings. The van der Waals surface area contributed by atoms with Crippen molar-refractivity contribution in [3.63, 3.8) is 0 Å². The van der Waals surface area contributed by atoms with Crippen molar-refractivity contribution in [2.24, 2.45) is 0 Å². The second-order valence-electron chi connectivity index (χ2n) is 8.54. The minimum absolute atomic E-state index is 1.01. The van der Waals surface area contributed by atoms with E-state index in [1.165, 1.54) is 101 Å². The molecule has 3 heteroatoms. The average molecular weight is 394 g/mol. The van der Waals surface area contributed by atoms with E-state index in [0.29, 0.717) is 0 Å². The van der Waals surface area contributed by atoms with Crippen LogP contribution >= 0.6 is 0 Å². The molecule has 158 valence electrons. The number of aromatic nitrogens is 3. The van der Waals surface area contributed by atoms with Crippen molar-refractivity contribution in [2.75, 3.05) is 0 Å². The first-order chi connectivity index (χ1) is 14.4. The Morgan fingerprint density at radius 2 is 1.24 bits per heavy atom. The maximum Gasteiger partial charge on any atom is 0.107 e. The zero-order valence-corrected chi connectivity index (χ0v) is 18.4. The number of unbranched alkanes of at least 4 members (excludes halogenated alkanes) is 13. The number of hydrogen-bond acceptors (Lipinski definition) is 2. The van der Waals surface area contributed by atoms with E-state index >= 15 is 0 Å². The Labute approximate surface area is 176 Å². The van der Waals surface area contributed by atoms with Gasteiger partial charge in [-0.05, 0) is 12.5 Å². The van der Waals surface area contributed by atoms with Gasteiger partial charge in [0.15, 0.2) is 0 Å². The fourth-order valence-electron chi connectivity index (χ4n) is 4.35. The number of nitrogens with zero attached hydrogens (tertiary/aromatic N) is 3. The highest BCUT2D eigenvalue weighted by molar-refractivity contribution is 6.01. The molecular formula is C26H39N3. The molecule has 2 aromatic heterocycles. The van der Waals surface area contributed by atoms with Gasteiger partial charge in [0.2, 0.25) is 0 Å². The van der Waals surface area contributed by atoms with Crippen LogP contribution in [0.1, 0.15) is 96.8 Å². The molecular weight excluding hydrogens is 354 g/mol.